The maximum atomic E-state index is 12.8. The van der Waals surface area contributed by atoms with Gasteiger partial charge in [0.2, 0.25) is 5.91 Å². The van der Waals surface area contributed by atoms with Crippen LogP contribution in [0.15, 0.2) is 48.5 Å². The molecule has 0 spiro atoms. The number of ketones is 1. The topological polar surface area (TPSA) is 84.5 Å². The maximum absolute atomic E-state index is 12.8. The normalized spacial score (nSPS) is 11.6. The Bertz CT molecular complexity index is 861. The monoisotopic (exact) mass is 382 g/mol. The van der Waals surface area contributed by atoms with Gasteiger partial charge in [0, 0.05) is 11.3 Å². The third-order valence-electron chi connectivity index (χ3n) is 4.20. The van der Waals surface area contributed by atoms with Crippen molar-refractivity contribution in [1.82, 2.24) is 5.32 Å². The molecule has 2 amide bonds. The number of ether oxygens (including phenoxy) is 1. The second kappa shape index (κ2) is 9.69. The zero-order valence-corrected chi connectivity index (χ0v) is 16.6. The van der Waals surface area contributed by atoms with Crippen LogP contribution < -0.4 is 15.4 Å². The molecule has 2 N–H and O–H groups in total. The number of nitrogens with one attached hydrogen (secondary N) is 2. The fourth-order valence-corrected chi connectivity index (χ4v) is 2.73. The number of rotatable bonds is 8. The SMILES string of the molecule is CCOc1ccccc1C(=O)N[C@@H](C(=O)Nc1cccc(C(C)=O)c1)C(C)C. The van der Waals surface area contributed by atoms with Gasteiger partial charge in [-0.1, -0.05) is 38.1 Å². The van der Waals surface area contributed by atoms with Gasteiger partial charge in [-0.25, -0.2) is 0 Å². The lowest BCUT2D eigenvalue weighted by atomic mass is 10.0. The molecule has 0 saturated carbocycles. The number of anilines is 1. The summed E-state index contributed by atoms with van der Waals surface area (Å²) in [5, 5.41) is 5.57. The van der Waals surface area contributed by atoms with E-state index in [0.29, 0.717) is 29.2 Å². The first-order chi connectivity index (χ1) is 13.3. The first-order valence-corrected chi connectivity index (χ1v) is 9.28. The lowest BCUT2D eigenvalue weighted by molar-refractivity contribution is -0.118. The second-order valence-corrected chi connectivity index (χ2v) is 6.75. The van der Waals surface area contributed by atoms with Crippen LogP contribution in [-0.4, -0.2) is 30.2 Å². The van der Waals surface area contributed by atoms with Crippen LogP contribution in [0.4, 0.5) is 5.69 Å². The number of hydrogen-bond acceptors (Lipinski definition) is 4. The van der Waals surface area contributed by atoms with Gasteiger partial charge >= 0.3 is 0 Å². The summed E-state index contributed by atoms with van der Waals surface area (Å²) < 4.78 is 5.50. The summed E-state index contributed by atoms with van der Waals surface area (Å²) in [6, 6.07) is 12.9. The van der Waals surface area contributed by atoms with Gasteiger partial charge in [-0.3, -0.25) is 14.4 Å². The van der Waals surface area contributed by atoms with Gasteiger partial charge in [-0.2, -0.15) is 0 Å². The Labute approximate surface area is 165 Å². The number of carbonyl (C=O) groups is 3. The van der Waals surface area contributed by atoms with Gasteiger partial charge < -0.3 is 15.4 Å². The number of carbonyl (C=O) groups excluding carboxylic acids is 3. The van der Waals surface area contributed by atoms with Crippen molar-refractivity contribution < 1.29 is 19.1 Å². The van der Waals surface area contributed by atoms with E-state index in [1.807, 2.05) is 20.8 Å². The fraction of sp³-hybridized carbons (Fsp3) is 0.318. The van der Waals surface area contributed by atoms with Crippen molar-refractivity contribution in [3.8, 4) is 5.75 Å². The Balaban J connectivity index is 2.17. The van der Waals surface area contributed by atoms with Gasteiger partial charge in [0.25, 0.3) is 5.91 Å². The van der Waals surface area contributed by atoms with Crippen LogP contribution in [0.3, 0.4) is 0 Å². The molecule has 2 aromatic rings. The fourth-order valence-electron chi connectivity index (χ4n) is 2.73. The largest absolute Gasteiger partial charge is 0.493 e. The molecule has 0 heterocycles. The molecule has 6 nitrogen and oxygen atoms in total. The molecule has 6 heteroatoms. The van der Waals surface area contributed by atoms with E-state index < -0.39 is 6.04 Å². The predicted octanol–water partition coefficient (Wildman–Crippen LogP) is 3.68. The van der Waals surface area contributed by atoms with Gasteiger partial charge in [0.1, 0.15) is 11.8 Å². The lowest BCUT2D eigenvalue weighted by Gasteiger charge is -2.22. The van der Waals surface area contributed by atoms with E-state index in [1.54, 1.807) is 48.5 Å². The Morgan fingerprint density at radius 2 is 1.75 bits per heavy atom. The predicted molar refractivity (Wildman–Crippen MR) is 109 cm³/mol. The Kier molecular flexibility index (Phi) is 7.32. The van der Waals surface area contributed by atoms with E-state index in [4.69, 9.17) is 4.74 Å². The summed E-state index contributed by atoms with van der Waals surface area (Å²) in [4.78, 5) is 37.0. The van der Waals surface area contributed by atoms with Crippen LogP contribution in [0.25, 0.3) is 0 Å². The number of para-hydroxylation sites is 1. The molecule has 0 unspecified atom stereocenters. The molecule has 0 bridgehead atoms. The van der Waals surface area contributed by atoms with E-state index in [0.717, 1.165) is 0 Å². The highest BCUT2D eigenvalue weighted by molar-refractivity contribution is 6.03. The van der Waals surface area contributed by atoms with Crippen molar-refractivity contribution in [2.45, 2.75) is 33.7 Å². The molecule has 0 radical (unpaired) electrons. The van der Waals surface area contributed by atoms with Crippen LogP contribution in [0.5, 0.6) is 5.75 Å². The van der Waals surface area contributed by atoms with Crippen molar-refractivity contribution in [1.29, 1.82) is 0 Å². The highest BCUT2D eigenvalue weighted by atomic mass is 16.5. The molecular weight excluding hydrogens is 356 g/mol. The van der Waals surface area contributed by atoms with E-state index in [-0.39, 0.29) is 23.5 Å². The van der Waals surface area contributed by atoms with Crippen LogP contribution in [0.2, 0.25) is 0 Å². The molecule has 0 saturated heterocycles. The summed E-state index contributed by atoms with van der Waals surface area (Å²) in [6.07, 6.45) is 0. The van der Waals surface area contributed by atoms with E-state index in [1.165, 1.54) is 6.92 Å². The molecule has 2 rings (SSSR count). The highest BCUT2D eigenvalue weighted by Crippen LogP contribution is 2.19. The van der Waals surface area contributed by atoms with Gasteiger partial charge in [0.15, 0.2) is 5.78 Å². The minimum atomic E-state index is -0.747. The average molecular weight is 382 g/mol. The highest BCUT2D eigenvalue weighted by Gasteiger charge is 2.26. The van der Waals surface area contributed by atoms with Crippen molar-refractivity contribution in [3.63, 3.8) is 0 Å². The number of benzene rings is 2. The minimum Gasteiger partial charge on any atom is -0.493 e. The maximum Gasteiger partial charge on any atom is 0.255 e. The molecule has 0 aliphatic carbocycles. The van der Waals surface area contributed by atoms with Crippen molar-refractivity contribution >= 4 is 23.3 Å². The van der Waals surface area contributed by atoms with E-state index in [2.05, 4.69) is 10.6 Å². The summed E-state index contributed by atoms with van der Waals surface area (Å²) in [5.74, 6) is -0.482. The molecule has 0 fully saturated rings. The summed E-state index contributed by atoms with van der Waals surface area (Å²) >= 11 is 0. The number of hydrogen-bond donors (Lipinski definition) is 2. The Morgan fingerprint density at radius 1 is 1.04 bits per heavy atom. The van der Waals surface area contributed by atoms with Crippen LogP contribution in [-0.2, 0) is 4.79 Å². The zero-order chi connectivity index (χ0) is 20.7. The average Bonchev–Trinajstić information content (AvgIpc) is 2.66. The van der Waals surface area contributed by atoms with Gasteiger partial charge in [-0.05, 0) is 44.0 Å². The number of amides is 2. The smallest absolute Gasteiger partial charge is 0.255 e. The molecule has 2 aromatic carbocycles. The molecule has 0 aliphatic heterocycles. The van der Waals surface area contributed by atoms with Crippen LogP contribution in [0.1, 0.15) is 48.4 Å². The quantitative estimate of drug-likeness (QED) is 0.682. The first-order valence-electron chi connectivity index (χ1n) is 9.28. The summed E-state index contributed by atoms with van der Waals surface area (Å²) in [7, 11) is 0. The van der Waals surface area contributed by atoms with Crippen LogP contribution in [0, 0.1) is 5.92 Å². The minimum absolute atomic E-state index is 0.0858. The third-order valence-corrected chi connectivity index (χ3v) is 4.20. The third kappa shape index (κ3) is 5.42. The Hall–Kier alpha value is -3.15. The summed E-state index contributed by atoms with van der Waals surface area (Å²) in [6.45, 7) is 7.45. The Morgan fingerprint density at radius 3 is 2.39 bits per heavy atom. The van der Waals surface area contributed by atoms with Crippen molar-refractivity contribution in [3.05, 3.63) is 59.7 Å². The van der Waals surface area contributed by atoms with Gasteiger partial charge in [-0.15, -0.1) is 0 Å². The molecular formula is C22H26N2O4. The van der Waals surface area contributed by atoms with Crippen molar-refractivity contribution in [2.75, 3.05) is 11.9 Å². The standard InChI is InChI=1S/C22H26N2O4/c1-5-28-19-12-7-6-11-18(19)21(26)24-20(14(2)3)22(27)23-17-10-8-9-16(13-17)15(4)25/h6-14,20H,5H2,1-4H3,(H,23,27)(H,24,26)/t20-/m1/s1. The summed E-state index contributed by atoms with van der Waals surface area (Å²) in [5.41, 5.74) is 1.39. The second-order valence-electron chi connectivity index (χ2n) is 6.75. The molecule has 28 heavy (non-hydrogen) atoms. The molecule has 1 atom stereocenters. The van der Waals surface area contributed by atoms with Crippen LogP contribution >= 0.6 is 0 Å². The van der Waals surface area contributed by atoms with Crippen molar-refractivity contribution in [2.24, 2.45) is 5.92 Å². The van der Waals surface area contributed by atoms with E-state index >= 15 is 0 Å². The zero-order valence-electron chi connectivity index (χ0n) is 16.6. The molecule has 148 valence electrons. The number of Topliss-reactive ketones (excluding diaryl/α,β-unsaturated/α-hetero) is 1. The van der Waals surface area contributed by atoms with E-state index in [9.17, 15) is 14.4 Å². The molecule has 0 aromatic heterocycles. The van der Waals surface area contributed by atoms with Gasteiger partial charge in [0.05, 0.1) is 12.2 Å². The first kappa shape index (κ1) is 21.2. The molecule has 0 aliphatic rings. The lowest BCUT2D eigenvalue weighted by Crippen LogP contribution is -2.47.